The van der Waals surface area contributed by atoms with Crippen molar-refractivity contribution in [2.24, 2.45) is 0 Å². The predicted octanol–water partition coefficient (Wildman–Crippen LogP) is 6.18. The molecule has 2 amide bonds. The summed E-state index contributed by atoms with van der Waals surface area (Å²) in [6.45, 7) is 5.47. The highest BCUT2D eigenvalue weighted by atomic mass is 35.5. The Balaban J connectivity index is 0.000000408. The van der Waals surface area contributed by atoms with Crippen molar-refractivity contribution in [2.45, 2.75) is 33.3 Å². The summed E-state index contributed by atoms with van der Waals surface area (Å²) in [4.78, 5) is 71.0. The molecule has 0 aliphatic heterocycles. The molecule has 220 valence electrons. The first-order valence-electron chi connectivity index (χ1n) is 10.8. The molecule has 0 spiro atoms. The number of thiophene rings is 2. The number of anilines is 2. The van der Waals surface area contributed by atoms with Gasteiger partial charge in [0.05, 0.1) is 45.4 Å². The van der Waals surface area contributed by atoms with Gasteiger partial charge in [-0.25, -0.2) is 4.79 Å². The topological polar surface area (TPSA) is 137 Å². The standard InChI is InChI=1S/C13H15Cl2NO5S.C10H9Cl2NO4S/c1-13(2,3)21-12(19)16(5-8(18)20-4)10-7(6-17)22-11(15)9(10)14;1-5(15)13(3-7(16)17-2)9-6(4-14)18-10(12)8(9)11/h6H,5H2,1-4H3;4H,3H2,1-2H3. The highest BCUT2D eigenvalue weighted by molar-refractivity contribution is 7.19. The van der Waals surface area contributed by atoms with Crippen LogP contribution in [-0.4, -0.2) is 69.4 Å². The van der Waals surface area contributed by atoms with Crippen molar-refractivity contribution in [3.8, 4) is 0 Å². The highest BCUT2D eigenvalue weighted by Crippen LogP contribution is 2.43. The van der Waals surface area contributed by atoms with E-state index in [0.717, 1.165) is 32.5 Å². The first kappa shape index (κ1) is 35.6. The molecular formula is C23H24Cl4N2O9S2. The summed E-state index contributed by atoms with van der Waals surface area (Å²) in [7, 11) is 2.38. The fraction of sp³-hybridized carbons (Fsp3) is 0.391. The van der Waals surface area contributed by atoms with Crippen LogP contribution in [0.15, 0.2) is 0 Å². The van der Waals surface area contributed by atoms with Gasteiger partial charge in [0.15, 0.2) is 12.6 Å². The first-order chi connectivity index (χ1) is 18.5. The number of hydrogen-bond donors (Lipinski definition) is 0. The van der Waals surface area contributed by atoms with E-state index in [9.17, 15) is 28.8 Å². The Labute approximate surface area is 257 Å². The average Bonchev–Trinajstić information content (AvgIpc) is 3.33. The van der Waals surface area contributed by atoms with Crippen LogP contribution in [0.5, 0.6) is 0 Å². The number of aldehydes is 2. The van der Waals surface area contributed by atoms with Crippen molar-refractivity contribution in [1.29, 1.82) is 0 Å². The van der Waals surface area contributed by atoms with Gasteiger partial charge in [0.1, 0.15) is 27.4 Å². The van der Waals surface area contributed by atoms with E-state index in [1.807, 2.05) is 0 Å². The second-order valence-electron chi connectivity index (χ2n) is 8.36. The number of amides is 2. The maximum Gasteiger partial charge on any atom is 0.415 e. The van der Waals surface area contributed by atoms with Crippen molar-refractivity contribution < 1.29 is 43.0 Å². The lowest BCUT2D eigenvalue weighted by molar-refractivity contribution is -0.140. The summed E-state index contributed by atoms with van der Waals surface area (Å²) < 4.78 is 14.6. The van der Waals surface area contributed by atoms with Gasteiger partial charge in [0, 0.05) is 6.92 Å². The van der Waals surface area contributed by atoms with Gasteiger partial charge in [-0.15, -0.1) is 22.7 Å². The quantitative estimate of drug-likeness (QED) is 0.182. The average molecular weight is 678 g/mol. The number of methoxy groups -OCH3 is 2. The molecule has 0 N–H and O–H groups in total. The molecule has 0 saturated carbocycles. The van der Waals surface area contributed by atoms with E-state index in [-0.39, 0.29) is 46.4 Å². The number of esters is 2. The minimum absolute atomic E-state index is 0.00327. The fourth-order valence-electron chi connectivity index (χ4n) is 2.73. The van der Waals surface area contributed by atoms with Crippen molar-refractivity contribution in [1.82, 2.24) is 0 Å². The molecule has 17 heteroatoms. The molecule has 40 heavy (non-hydrogen) atoms. The van der Waals surface area contributed by atoms with E-state index in [4.69, 9.17) is 51.1 Å². The number of nitrogens with zero attached hydrogens (tertiary/aromatic N) is 2. The van der Waals surface area contributed by atoms with Crippen molar-refractivity contribution in [3.05, 3.63) is 28.5 Å². The Bertz CT molecular complexity index is 1290. The van der Waals surface area contributed by atoms with Crippen molar-refractivity contribution in [3.63, 3.8) is 0 Å². The van der Waals surface area contributed by atoms with Crippen LogP contribution in [0.2, 0.25) is 18.7 Å². The number of carbonyl (C=O) groups excluding carboxylic acids is 6. The summed E-state index contributed by atoms with van der Waals surface area (Å²) in [5, 5.41) is 0.0754. The molecule has 11 nitrogen and oxygen atoms in total. The minimum Gasteiger partial charge on any atom is -0.468 e. The van der Waals surface area contributed by atoms with Gasteiger partial charge in [-0.3, -0.25) is 33.8 Å². The van der Waals surface area contributed by atoms with E-state index in [0.29, 0.717) is 12.6 Å². The van der Waals surface area contributed by atoms with E-state index in [1.165, 1.54) is 21.1 Å². The number of carbonyl (C=O) groups is 6. The van der Waals surface area contributed by atoms with Crippen LogP contribution in [0.25, 0.3) is 0 Å². The van der Waals surface area contributed by atoms with E-state index < -0.39 is 36.1 Å². The zero-order valence-corrected chi connectivity index (χ0v) is 26.6. The van der Waals surface area contributed by atoms with Crippen LogP contribution in [0.1, 0.15) is 47.0 Å². The molecule has 0 radical (unpaired) electrons. The SMILES string of the molecule is COC(=O)CN(C(=O)OC(C)(C)C)c1c(C=O)sc(Cl)c1Cl.COC(=O)CN(C(C)=O)c1c(C=O)sc(Cl)c1Cl. The monoisotopic (exact) mass is 676 g/mol. The fourth-order valence-corrected chi connectivity index (χ4v) is 5.63. The zero-order chi connectivity index (χ0) is 30.9. The van der Waals surface area contributed by atoms with Crippen LogP contribution in [0.4, 0.5) is 16.2 Å². The Kier molecular flexibility index (Phi) is 13.8. The van der Waals surface area contributed by atoms with E-state index in [1.54, 1.807) is 20.8 Å². The normalized spacial score (nSPS) is 10.6. The Morgan fingerprint density at radius 1 is 0.775 bits per heavy atom. The van der Waals surface area contributed by atoms with Gasteiger partial charge < -0.3 is 14.2 Å². The Morgan fingerprint density at radius 2 is 1.15 bits per heavy atom. The molecule has 2 heterocycles. The lowest BCUT2D eigenvalue weighted by Gasteiger charge is -2.26. The molecule has 2 rings (SSSR count). The molecule has 0 aliphatic rings. The summed E-state index contributed by atoms with van der Waals surface area (Å²) in [6.07, 6.45) is 0.203. The van der Waals surface area contributed by atoms with Gasteiger partial charge in [-0.1, -0.05) is 46.4 Å². The summed E-state index contributed by atoms with van der Waals surface area (Å²) in [5.74, 6) is -1.76. The third kappa shape index (κ3) is 9.60. The first-order valence-corrected chi connectivity index (χ1v) is 13.9. The predicted molar refractivity (Wildman–Crippen MR) is 155 cm³/mol. The van der Waals surface area contributed by atoms with Gasteiger partial charge >= 0.3 is 18.0 Å². The highest BCUT2D eigenvalue weighted by Gasteiger charge is 2.31. The van der Waals surface area contributed by atoms with Gasteiger partial charge in [0.25, 0.3) is 0 Å². The molecule has 2 aromatic rings. The minimum atomic E-state index is -0.836. The molecule has 0 aromatic carbocycles. The maximum absolute atomic E-state index is 12.3. The third-order valence-electron chi connectivity index (χ3n) is 4.40. The van der Waals surface area contributed by atoms with Crippen LogP contribution >= 0.6 is 69.1 Å². The molecule has 0 fully saturated rings. The number of hydrogen-bond acceptors (Lipinski definition) is 11. The Morgan fingerprint density at radius 3 is 1.48 bits per heavy atom. The second kappa shape index (κ2) is 15.5. The van der Waals surface area contributed by atoms with E-state index >= 15 is 0 Å². The molecule has 0 unspecified atom stereocenters. The van der Waals surface area contributed by atoms with Crippen molar-refractivity contribution in [2.75, 3.05) is 37.1 Å². The van der Waals surface area contributed by atoms with Crippen LogP contribution in [-0.2, 0) is 28.6 Å². The third-order valence-corrected chi connectivity index (χ3v) is 8.18. The number of ether oxygens (including phenoxy) is 3. The molecule has 0 bridgehead atoms. The van der Waals surface area contributed by atoms with Crippen LogP contribution in [0.3, 0.4) is 0 Å². The summed E-state index contributed by atoms with van der Waals surface area (Å²) in [6, 6.07) is 0. The summed E-state index contributed by atoms with van der Waals surface area (Å²) in [5.41, 5.74) is -0.620. The second-order valence-corrected chi connectivity index (χ2v) is 12.4. The molecule has 0 saturated heterocycles. The van der Waals surface area contributed by atoms with Gasteiger partial charge in [-0.05, 0) is 20.8 Å². The van der Waals surface area contributed by atoms with Crippen LogP contribution < -0.4 is 9.80 Å². The lowest BCUT2D eigenvalue weighted by atomic mass is 10.2. The molecule has 0 aliphatic carbocycles. The lowest BCUT2D eigenvalue weighted by Crippen LogP contribution is -2.40. The van der Waals surface area contributed by atoms with Gasteiger partial charge in [-0.2, -0.15) is 0 Å². The molecule has 2 aromatic heterocycles. The molecular weight excluding hydrogens is 654 g/mol. The Hall–Kier alpha value is -2.42. The summed E-state index contributed by atoms with van der Waals surface area (Å²) >= 11 is 25.5. The number of halogens is 4. The molecule has 0 atom stereocenters. The number of rotatable bonds is 8. The largest absolute Gasteiger partial charge is 0.468 e. The van der Waals surface area contributed by atoms with Crippen molar-refractivity contribution >= 4 is 117 Å². The zero-order valence-electron chi connectivity index (χ0n) is 22.0. The smallest absolute Gasteiger partial charge is 0.415 e. The van der Waals surface area contributed by atoms with Gasteiger partial charge in [0.2, 0.25) is 5.91 Å². The maximum atomic E-state index is 12.3. The van der Waals surface area contributed by atoms with Crippen LogP contribution in [0, 0.1) is 0 Å². The van der Waals surface area contributed by atoms with E-state index in [2.05, 4.69) is 9.47 Å².